The molecule has 0 aliphatic rings. The predicted molar refractivity (Wildman–Crippen MR) is 50.9 cm³/mol. The van der Waals surface area contributed by atoms with Crippen molar-refractivity contribution in [2.24, 2.45) is 11.5 Å². The van der Waals surface area contributed by atoms with Gasteiger partial charge in [0.15, 0.2) is 0 Å². The van der Waals surface area contributed by atoms with E-state index in [1.54, 1.807) is 0 Å². The van der Waals surface area contributed by atoms with Gasteiger partial charge in [0.25, 0.3) is 0 Å². The van der Waals surface area contributed by atoms with Crippen LogP contribution in [0.2, 0.25) is 0 Å². The molecular formula is C7H14N2O2S. The minimum atomic E-state index is -0.953. The molecule has 1 atom stereocenters. The Morgan fingerprint density at radius 1 is 1.50 bits per heavy atom. The summed E-state index contributed by atoms with van der Waals surface area (Å²) >= 11 is 4.66. The molecule has 0 heterocycles. The van der Waals surface area contributed by atoms with Gasteiger partial charge in [-0.3, -0.25) is 4.79 Å². The van der Waals surface area contributed by atoms with Crippen LogP contribution in [-0.4, -0.2) is 22.1 Å². The summed E-state index contributed by atoms with van der Waals surface area (Å²) in [6.07, 6.45) is 2.72. The van der Waals surface area contributed by atoms with Crippen molar-refractivity contribution in [1.29, 1.82) is 0 Å². The van der Waals surface area contributed by atoms with Crippen LogP contribution in [0.25, 0.3) is 0 Å². The molecule has 0 spiro atoms. The van der Waals surface area contributed by atoms with Gasteiger partial charge in [0.05, 0.1) is 4.99 Å². The first-order valence-electron chi connectivity index (χ1n) is 3.80. The van der Waals surface area contributed by atoms with Gasteiger partial charge in [0.1, 0.15) is 6.04 Å². The third-order valence-electron chi connectivity index (χ3n) is 1.51. The molecule has 0 aromatic heterocycles. The number of carboxylic acids is 1. The lowest BCUT2D eigenvalue weighted by Gasteiger charge is -2.04. The largest absolute Gasteiger partial charge is 0.480 e. The van der Waals surface area contributed by atoms with E-state index in [1.165, 1.54) is 0 Å². The lowest BCUT2D eigenvalue weighted by molar-refractivity contribution is -0.138. The van der Waals surface area contributed by atoms with Gasteiger partial charge in [-0.25, -0.2) is 0 Å². The molecule has 0 unspecified atom stereocenters. The highest BCUT2D eigenvalue weighted by molar-refractivity contribution is 7.80. The van der Waals surface area contributed by atoms with E-state index in [4.69, 9.17) is 16.6 Å². The number of thiocarbonyl (C=S) groups is 1. The second-order valence-electron chi connectivity index (χ2n) is 2.66. The van der Waals surface area contributed by atoms with Gasteiger partial charge in [0.2, 0.25) is 0 Å². The molecule has 70 valence electrons. The molecule has 5 N–H and O–H groups in total. The first-order valence-corrected chi connectivity index (χ1v) is 4.21. The van der Waals surface area contributed by atoms with Gasteiger partial charge in [-0.1, -0.05) is 18.6 Å². The molecule has 0 radical (unpaired) electrons. The number of aliphatic carboxylic acids is 1. The Morgan fingerprint density at radius 2 is 2.08 bits per heavy atom. The zero-order valence-electron chi connectivity index (χ0n) is 6.82. The fourth-order valence-electron chi connectivity index (χ4n) is 0.787. The quantitative estimate of drug-likeness (QED) is 0.412. The third kappa shape index (κ3) is 6.06. The van der Waals surface area contributed by atoms with Crippen LogP contribution >= 0.6 is 12.2 Å². The maximum Gasteiger partial charge on any atom is 0.320 e. The Morgan fingerprint density at radius 3 is 2.50 bits per heavy atom. The highest BCUT2D eigenvalue weighted by Crippen LogP contribution is 2.02. The molecule has 0 amide bonds. The molecule has 0 aliphatic carbocycles. The van der Waals surface area contributed by atoms with Crippen molar-refractivity contribution in [1.82, 2.24) is 0 Å². The summed E-state index contributed by atoms with van der Waals surface area (Å²) in [6, 6.07) is -0.753. The van der Waals surface area contributed by atoms with Crippen molar-refractivity contribution in [3.8, 4) is 0 Å². The Kier molecular flexibility index (Phi) is 5.57. The molecule has 4 nitrogen and oxygen atoms in total. The highest BCUT2D eigenvalue weighted by Gasteiger charge is 2.09. The van der Waals surface area contributed by atoms with Crippen LogP contribution in [-0.2, 0) is 4.79 Å². The SMILES string of the molecule is NC(=S)CCCC[C@H](N)C(=O)O. The van der Waals surface area contributed by atoms with Crippen LogP contribution in [0.3, 0.4) is 0 Å². The number of hydrogen-bond acceptors (Lipinski definition) is 3. The van der Waals surface area contributed by atoms with Gasteiger partial charge in [0, 0.05) is 0 Å². The molecule has 0 aliphatic heterocycles. The summed E-state index contributed by atoms with van der Waals surface area (Å²) in [4.78, 5) is 10.7. The molecule has 0 saturated heterocycles. The number of carboxylic acid groups (broad SMARTS) is 1. The standard InChI is InChI=1S/C7H14N2O2S/c8-5(7(10)11)3-1-2-4-6(9)12/h5H,1-4,8H2,(H2,9,12)(H,10,11)/t5-/m0/s1. The van der Waals surface area contributed by atoms with Gasteiger partial charge in [-0.15, -0.1) is 0 Å². The van der Waals surface area contributed by atoms with Crippen LogP contribution in [0, 0.1) is 0 Å². The maximum atomic E-state index is 10.3. The van der Waals surface area contributed by atoms with Crippen molar-refractivity contribution >= 4 is 23.2 Å². The molecule has 0 fully saturated rings. The fourth-order valence-corrected chi connectivity index (χ4v) is 0.931. The molecule has 0 bridgehead atoms. The normalized spacial score (nSPS) is 12.4. The summed E-state index contributed by atoms with van der Waals surface area (Å²) in [5.74, 6) is -0.953. The zero-order valence-corrected chi connectivity index (χ0v) is 7.64. The Bertz CT molecular complexity index is 173. The molecule has 0 aromatic carbocycles. The minimum Gasteiger partial charge on any atom is -0.480 e. The monoisotopic (exact) mass is 190 g/mol. The molecule has 0 rings (SSSR count). The lowest BCUT2D eigenvalue weighted by Crippen LogP contribution is -2.29. The first-order chi connectivity index (χ1) is 5.54. The van der Waals surface area contributed by atoms with E-state index < -0.39 is 12.0 Å². The van der Waals surface area contributed by atoms with Crippen molar-refractivity contribution < 1.29 is 9.90 Å². The Balaban J connectivity index is 3.31. The second kappa shape index (κ2) is 5.91. The van der Waals surface area contributed by atoms with E-state index in [2.05, 4.69) is 12.2 Å². The molecule has 0 saturated carbocycles. The van der Waals surface area contributed by atoms with Crippen molar-refractivity contribution in [3.63, 3.8) is 0 Å². The van der Waals surface area contributed by atoms with E-state index in [0.29, 0.717) is 17.8 Å². The van der Waals surface area contributed by atoms with Gasteiger partial charge < -0.3 is 16.6 Å². The van der Waals surface area contributed by atoms with Crippen LogP contribution in [0.4, 0.5) is 0 Å². The van der Waals surface area contributed by atoms with Gasteiger partial charge in [-0.05, 0) is 19.3 Å². The molecule has 5 heteroatoms. The van der Waals surface area contributed by atoms with Gasteiger partial charge in [-0.2, -0.15) is 0 Å². The van der Waals surface area contributed by atoms with Crippen molar-refractivity contribution in [3.05, 3.63) is 0 Å². The van der Waals surface area contributed by atoms with E-state index >= 15 is 0 Å². The topological polar surface area (TPSA) is 89.3 Å². The van der Waals surface area contributed by atoms with E-state index in [0.717, 1.165) is 12.8 Å². The van der Waals surface area contributed by atoms with E-state index in [-0.39, 0.29) is 0 Å². The number of unbranched alkanes of at least 4 members (excludes halogenated alkanes) is 1. The predicted octanol–water partition coefficient (Wildman–Crippen LogP) is 0.245. The van der Waals surface area contributed by atoms with Crippen LogP contribution in [0.5, 0.6) is 0 Å². The number of nitrogens with two attached hydrogens (primary N) is 2. The lowest BCUT2D eigenvalue weighted by atomic mass is 10.1. The van der Waals surface area contributed by atoms with Crippen LogP contribution in [0.1, 0.15) is 25.7 Å². The summed E-state index contributed by atoms with van der Waals surface area (Å²) in [5, 5.41) is 8.42. The van der Waals surface area contributed by atoms with Crippen molar-refractivity contribution in [2.45, 2.75) is 31.7 Å². The fraction of sp³-hybridized carbons (Fsp3) is 0.714. The molecular weight excluding hydrogens is 176 g/mol. The van der Waals surface area contributed by atoms with Crippen molar-refractivity contribution in [2.75, 3.05) is 0 Å². The van der Waals surface area contributed by atoms with E-state index in [9.17, 15) is 4.79 Å². The average molecular weight is 190 g/mol. The second-order valence-corrected chi connectivity index (χ2v) is 3.18. The minimum absolute atomic E-state index is 0.471. The maximum absolute atomic E-state index is 10.3. The van der Waals surface area contributed by atoms with E-state index in [1.807, 2.05) is 0 Å². The summed E-state index contributed by atoms with van der Waals surface area (Å²) in [5.41, 5.74) is 10.5. The number of carbonyl (C=O) groups is 1. The zero-order chi connectivity index (χ0) is 9.56. The summed E-state index contributed by atoms with van der Waals surface area (Å²) < 4.78 is 0. The Hall–Kier alpha value is -0.680. The smallest absolute Gasteiger partial charge is 0.320 e. The first kappa shape index (κ1) is 11.3. The van der Waals surface area contributed by atoms with Gasteiger partial charge >= 0.3 is 5.97 Å². The highest BCUT2D eigenvalue weighted by atomic mass is 32.1. The van der Waals surface area contributed by atoms with Crippen LogP contribution < -0.4 is 11.5 Å². The number of rotatable bonds is 6. The molecule has 12 heavy (non-hydrogen) atoms. The van der Waals surface area contributed by atoms with Crippen LogP contribution in [0.15, 0.2) is 0 Å². The Labute approximate surface area is 76.9 Å². The number of hydrogen-bond donors (Lipinski definition) is 3. The molecule has 0 aromatic rings. The summed E-state index contributed by atoms with van der Waals surface area (Å²) in [6.45, 7) is 0. The third-order valence-corrected chi connectivity index (χ3v) is 1.71. The summed E-state index contributed by atoms with van der Waals surface area (Å²) in [7, 11) is 0. The average Bonchev–Trinajstić information content (AvgIpc) is 1.97.